The molecular formula is C22H16F3N7OS. The van der Waals surface area contributed by atoms with E-state index in [-0.39, 0.29) is 17.7 Å². The number of hydrogen-bond donors (Lipinski definition) is 1. The molecule has 0 fully saturated rings. The Labute approximate surface area is 193 Å². The number of thiazole rings is 1. The number of aromatic amines is 1. The van der Waals surface area contributed by atoms with Crippen LogP contribution in [0.4, 0.5) is 13.2 Å². The first-order valence-electron chi connectivity index (χ1n) is 10.3. The van der Waals surface area contributed by atoms with Crippen molar-refractivity contribution in [2.24, 2.45) is 12.0 Å². The van der Waals surface area contributed by atoms with Gasteiger partial charge in [-0.1, -0.05) is 18.2 Å². The van der Waals surface area contributed by atoms with E-state index in [1.54, 1.807) is 17.8 Å². The predicted octanol–water partition coefficient (Wildman–Crippen LogP) is 3.66. The van der Waals surface area contributed by atoms with Gasteiger partial charge in [0.25, 0.3) is 5.56 Å². The molecule has 1 aliphatic heterocycles. The second-order valence-electron chi connectivity index (χ2n) is 8.09. The Balaban J connectivity index is 1.39. The Morgan fingerprint density at radius 1 is 1.24 bits per heavy atom. The molecule has 0 atom stereocenters. The van der Waals surface area contributed by atoms with E-state index in [1.165, 1.54) is 16.0 Å². The number of alkyl halides is 3. The van der Waals surface area contributed by atoms with Gasteiger partial charge in [-0.25, -0.2) is 9.67 Å². The molecule has 0 unspecified atom stereocenters. The zero-order chi connectivity index (χ0) is 23.6. The van der Waals surface area contributed by atoms with Crippen LogP contribution in [0.5, 0.6) is 0 Å². The minimum absolute atomic E-state index is 0.0408. The summed E-state index contributed by atoms with van der Waals surface area (Å²) in [6.07, 6.45) is -0.317. The molecule has 34 heavy (non-hydrogen) atoms. The second-order valence-corrected chi connectivity index (χ2v) is 9.17. The van der Waals surface area contributed by atoms with Gasteiger partial charge in [0.05, 0.1) is 41.4 Å². The highest BCUT2D eigenvalue weighted by Gasteiger charge is 2.35. The summed E-state index contributed by atoms with van der Waals surface area (Å²) in [5.41, 5.74) is 2.98. The van der Waals surface area contributed by atoms with Crippen LogP contribution in [0.25, 0.3) is 21.3 Å². The average Bonchev–Trinajstić information content (AvgIpc) is 3.56. The minimum Gasteiger partial charge on any atom is -0.323 e. The lowest BCUT2D eigenvalue weighted by molar-refractivity contribution is -0.138. The van der Waals surface area contributed by atoms with Crippen molar-refractivity contribution in [3.05, 3.63) is 73.9 Å². The van der Waals surface area contributed by atoms with Gasteiger partial charge in [-0.05, 0) is 11.1 Å². The van der Waals surface area contributed by atoms with Crippen LogP contribution in [-0.4, -0.2) is 35.7 Å². The van der Waals surface area contributed by atoms with E-state index in [4.69, 9.17) is 0 Å². The first-order chi connectivity index (χ1) is 16.3. The molecule has 0 bridgehead atoms. The fourth-order valence-electron chi connectivity index (χ4n) is 4.37. The molecule has 0 aliphatic carbocycles. The monoisotopic (exact) mass is 483 g/mol. The predicted molar refractivity (Wildman–Crippen MR) is 121 cm³/mol. The number of rotatable bonds is 4. The zero-order valence-electron chi connectivity index (χ0n) is 17.7. The molecule has 1 N–H and O–H groups in total. The number of nitrogens with one attached hydrogen (secondary N) is 1. The lowest BCUT2D eigenvalue weighted by atomic mass is 10.0. The highest BCUT2D eigenvalue weighted by Crippen LogP contribution is 2.35. The first kappa shape index (κ1) is 20.8. The van der Waals surface area contributed by atoms with Crippen LogP contribution in [0.2, 0.25) is 0 Å². The second kappa shape index (κ2) is 7.35. The molecule has 0 radical (unpaired) electrons. The number of hydrogen-bond acceptors (Lipinski definition) is 6. The summed E-state index contributed by atoms with van der Waals surface area (Å²) in [6, 6.07) is 5.91. The smallest absolute Gasteiger partial charge is 0.323 e. The molecular weight excluding hydrogens is 467 g/mol. The van der Waals surface area contributed by atoms with Gasteiger partial charge >= 0.3 is 6.18 Å². The first-order valence-corrected chi connectivity index (χ1v) is 11.2. The molecule has 5 heterocycles. The fraction of sp³-hybridized carbons (Fsp3) is 0.227. The van der Waals surface area contributed by atoms with Gasteiger partial charge in [0.2, 0.25) is 0 Å². The van der Waals surface area contributed by atoms with Gasteiger partial charge in [0.15, 0.2) is 5.65 Å². The van der Waals surface area contributed by atoms with Gasteiger partial charge in [-0.2, -0.15) is 23.4 Å². The number of fused-ring (bicyclic) bond motifs is 4. The number of aromatic nitrogens is 6. The van der Waals surface area contributed by atoms with Crippen molar-refractivity contribution < 1.29 is 13.2 Å². The molecule has 0 saturated carbocycles. The minimum atomic E-state index is -4.49. The number of aliphatic imine (C=N–C) groups is 1. The molecule has 172 valence electrons. The number of benzene rings is 1. The Kier molecular flexibility index (Phi) is 4.49. The molecule has 1 aromatic carbocycles. The Hall–Kier alpha value is -3.80. The van der Waals surface area contributed by atoms with Crippen LogP contribution >= 0.6 is 11.3 Å². The van der Waals surface area contributed by atoms with Crippen LogP contribution in [0.1, 0.15) is 33.0 Å². The molecule has 0 saturated heterocycles. The van der Waals surface area contributed by atoms with E-state index in [1.807, 2.05) is 24.4 Å². The Bertz CT molecular complexity index is 1670. The van der Waals surface area contributed by atoms with E-state index >= 15 is 0 Å². The van der Waals surface area contributed by atoms with Crippen molar-refractivity contribution in [3.63, 3.8) is 0 Å². The molecule has 0 amide bonds. The quantitative estimate of drug-likeness (QED) is 0.422. The van der Waals surface area contributed by atoms with E-state index in [2.05, 4.69) is 25.3 Å². The molecule has 12 heteroatoms. The van der Waals surface area contributed by atoms with Crippen LogP contribution in [0.3, 0.4) is 0 Å². The van der Waals surface area contributed by atoms with Crippen molar-refractivity contribution in [2.75, 3.05) is 0 Å². The average molecular weight is 483 g/mol. The molecule has 8 nitrogen and oxygen atoms in total. The molecule has 4 aromatic heterocycles. The van der Waals surface area contributed by atoms with Crippen LogP contribution in [0, 0.1) is 0 Å². The maximum Gasteiger partial charge on any atom is 0.419 e. The highest BCUT2D eigenvalue weighted by molar-refractivity contribution is 7.19. The third kappa shape index (κ3) is 3.16. The van der Waals surface area contributed by atoms with E-state index in [9.17, 15) is 18.0 Å². The topological polar surface area (TPSA) is 93.8 Å². The normalized spacial score (nSPS) is 13.4. The Morgan fingerprint density at radius 2 is 2.09 bits per heavy atom. The molecule has 0 spiro atoms. The summed E-state index contributed by atoms with van der Waals surface area (Å²) in [4.78, 5) is 22.1. The summed E-state index contributed by atoms with van der Waals surface area (Å²) in [5, 5.41) is 11.5. The summed E-state index contributed by atoms with van der Waals surface area (Å²) in [6.45, 7) is 0.942. The standard InChI is InChI=1S/C22H16F3N7OS/c1-31-18-14(8-28-32(21(18)33)10-12-4-2-3-11-6-26-7-13(11)12)19-20(31)29-17(34-19)5-16-15(9-27-30-16)22(23,24)25/h2-4,7-9H,5-6,10H2,1H3,(H,27,30). The summed E-state index contributed by atoms with van der Waals surface area (Å²) >= 11 is 1.25. The largest absolute Gasteiger partial charge is 0.419 e. The lowest BCUT2D eigenvalue weighted by Gasteiger charge is -2.09. The summed E-state index contributed by atoms with van der Waals surface area (Å²) < 4.78 is 43.3. The van der Waals surface area contributed by atoms with Crippen molar-refractivity contribution in [1.29, 1.82) is 0 Å². The van der Waals surface area contributed by atoms with Crippen molar-refractivity contribution >= 4 is 38.8 Å². The van der Waals surface area contributed by atoms with Crippen molar-refractivity contribution in [1.82, 2.24) is 29.5 Å². The zero-order valence-corrected chi connectivity index (χ0v) is 18.5. The van der Waals surface area contributed by atoms with Crippen LogP contribution < -0.4 is 5.56 Å². The molecule has 1 aliphatic rings. The lowest BCUT2D eigenvalue weighted by Crippen LogP contribution is -2.25. The third-order valence-electron chi connectivity index (χ3n) is 6.01. The van der Waals surface area contributed by atoms with Gasteiger partial charge in [-0.3, -0.25) is 14.9 Å². The van der Waals surface area contributed by atoms with Crippen LogP contribution in [0.15, 0.2) is 40.4 Å². The molecule has 6 rings (SSSR count). The molecule has 5 aromatic rings. The van der Waals surface area contributed by atoms with Crippen molar-refractivity contribution in [3.8, 4) is 0 Å². The van der Waals surface area contributed by atoms with Crippen molar-refractivity contribution in [2.45, 2.75) is 25.7 Å². The number of nitrogens with zero attached hydrogens (tertiary/aromatic N) is 6. The van der Waals surface area contributed by atoms with Gasteiger partial charge < -0.3 is 4.57 Å². The van der Waals surface area contributed by atoms with Gasteiger partial charge in [0.1, 0.15) is 10.5 Å². The fourth-order valence-corrected chi connectivity index (χ4v) is 5.49. The van der Waals surface area contributed by atoms with E-state index < -0.39 is 11.7 Å². The number of halogens is 3. The summed E-state index contributed by atoms with van der Waals surface area (Å²) in [7, 11) is 1.73. The van der Waals surface area contributed by atoms with Gasteiger partial charge in [0, 0.05) is 30.6 Å². The van der Waals surface area contributed by atoms with E-state index in [0.29, 0.717) is 39.3 Å². The Morgan fingerprint density at radius 3 is 2.91 bits per heavy atom. The third-order valence-corrected chi connectivity index (χ3v) is 7.09. The maximum atomic E-state index is 13.3. The highest BCUT2D eigenvalue weighted by atomic mass is 32.1. The van der Waals surface area contributed by atoms with Gasteiger partial charge in [-0.15, -0.1) is 11.3 Å². The van der Waals surface area contributed by atoms with Crippen LogP contribution in [-0.2, 0) is 32.7 Å². The number of H-pyrrole nitrogens is 1. The maximum absolute atomic E-state index is 13.3. The SMILES string of the molecule is Cn1c2nc(Cc3[nH]ncc3C(F)(F)F)sc2c2cnn(Cc3cccc4c3C=NC4)c(=O)c21. The summed E-state index contributed by atoms with van der Waals surface area (Å²) in [5.74, 6) is 0. The number of aryl methyl sites for hydroxylation is 1. The van der Waals surface area contributed by atoms with E-state index in [0.717, 1.165) is 22.9 Å².